The lowest BCUT2D eigenvalue weighted by Crippen LogP contribution is -2.45. The molecule has 114 valence electrons. The van der Waals surface area contributed by atoms with Crippen molar-refractivity contribution >= 4 is 23.5 Å². The van der Waals surface area contributed by atoms with Gasteiger partial charge in [0.1, 0.15) is 11.6 Å². The zero-order valence-corrected chi connectivity index (χ0v) is 11.8. The van der Waals surface area contributed by atoms with E-state index in [4.69, 9.17) is 16.7 Å². The average Bonchev–Trinajstić information content (AvgIpc) is 2.43. The number of rotatable bonds is 3. The van der Waals surface area contributed by atoms with Crippen LogP contribution in [-0.2, 0) is 4.79 Å². The van der Waals surface area contributed by atoms with Crippen LogP contribution in [0.5, 0.6) is 0 Å². The van der Waals surface area contributed by atoms with Crippen LogP contribution in [-0.4, -0.2) is 23.0 Å². The third-order valence-electron chi connectivity index (χ3n) is 3.65. The fourth-order valence-corrected chi connectivity index (χ4v) is 2.69. The van der Waals surface area contributed by atoms with Gasteiger partial charge in [-0.25, -0.2) is 8.78 Å². The van der Waals surface area contributed by atoms with E-state index in [-0.39, 0.29) is 0 Å². The highest BCUT2D eigenvalue weighted by molar-refractivity contribution is 6.30. The van der Waals surface area contributed by atoms with Gasteiger partial charge in [0.15, 0.2) is 0 Å². The van der Waals surface area contributed by atoms with Gasteiger partial charge in [0.2, 0.25) is 0 Å². The largest absolute Gasteiger partial charge is 0.481 e. The topological polar surface area (TPSA) is 66.4 Å². The Labute approximate surface area is 125 Å². The first kappa shape index (κ1) is 15.7. The third kappa shape index (κ3) is 3.50. The number of carbonyl (C=O) groups excluding carboxylic acids is 1. The Kier molecular flexibility index (Phi) is 4.77. The predicted octanol–water partition coefficient (Wildman–Crippen LogP) is 2.99. The van der Waals surface area contributed by atoms with E-state index < -0.39 is 46.1 Å². The lowest BCUT2D eigenvalue weighted by atomic mass is 9.84. The molecule has 1 saturated carbocycles. The van der Waals surface area contributed by atoms with E-state index in [0.717, 1.165) is 18.9 Å². The maximum absolute atomic E-state index is 13.7. The normalized spacial score (nSPS) is 21.9. The number of carboxylic acid groups (broad SMARTS) is 1. The Hall–Kier alpha value is -1.69. The van der Waals surface area contributed by atoms with Crippen molar-refractivity contribution in [1.82, 2.24) is 5.32 Å². The van der Waals surface area contributed by atoms with Gasteiger partial charge in [0, 0.05) is 6.04 Å². The third-order valence-corrected chi connectivity index (χ3v) is 3.94. The quantitative estimate of drug-likeness (QED) is 0.842. The monoisotopic (exact) mass is 317 g/mol. The lowest BCUT2D eigenvalue weighted by molar-refractivity contribution is -0.143. The first-order valence-electron chi connectivity index (χ1n) is 6.58. The van der Waals surface area contributed by atoms with Crippen LogP contribution in [0.3, 0.4) is 0 Å². The van der Waals surface area contributed by atoms with Gasteiger partial charge in [-0.1, -0.05) is 24.4 Å². The number of hydrogen-bond donors (Lipinski definition) is 2. The first-order valence-corrected chi connectivity index (χ1v) is 6.96. The minimum Gasteiger partial charge on any atom is -0.481 e. The summed E-state index contributed by atoms with van der Waals surface area (Å²) in [6.07, 6.45) is 2.51. The van der Waals surface area contributed by atoms with Crippen molar-refractivity contribution in [2.24, 2.45) is 5.92 Å². The summed E-state index contributed by atoms with van der Waals surface area (Å²) in [4.78, 5) is 23.2. The molecule has 0 bridgehead atoms. The van der Waals surface area contributed by atoms with Crippen molar-refractivity contribution in [2.75, 3.05) is 0 Å². The number of carboxylic acids is 1. The molecule has 0 spiro atoms. The number of amides is 1. The summed E-state index contributed by atoms with van der Waals surface area (Å²) in [5.74, 6) is -4.38. The van der Waals surface area contributed by atoms with E-state index in [1.807, 2.05) is 0 Å². The van der Waals surface area contributed by atoms with Gasteiger partial charge in [-0.05, 0) is 25.0 Å². The van der Waals surface area contributed by atoms with Crippen molar-refractivity contribution in [3.05, 3.63) is 34.4 Å². The van der Waals surface area contributed by atoms with Crippen LogP contribution >= 0.6 is 11.6 Å². The minimum absolute atomic E-state index is 0.412. The molecule has 1 aliphatic carbocycles. The van der Waals surface area contributed by atoms with Gasteiger partial charge >= 0.3 is 5.97 Å². The highest BCUT2D eigenvalue weighted by Crippen LogP contribution is 2.25. The Morgan fingerprint density at radius 1 is 1.19 bits per heavy atom. The van der Waals surface area contributed by atoms with Crippen molar-refractivity contribution < 1.29 is 23.5 Å². The Bertz CT molecular complexity index is 580. The van der Waals surface area contributed by atoms with E-state index in [9.17, 15) is 18.4 Å². The number of aliphatic carboxylic acids is 1. The number of hydrogen-bond acceptors (Lipinski definition) is 2. The van der Waals surface area contributed by atoms with Crippen molar-refractivity contribution in [2.45, 2.75) is 31.7 Å². The smallest absolute Gasteiger partial charge is 0.308 e. The van der Waals surface area contributed by atoms with E-state index in [1.54, 1.807) is 0 Å². The molecular weight excluding hydrogens is 304 g/mol. The molecule has 2 rings (SSSR count). The second kappa shape index (κ2) is 6.39. The van der Waals surface area contributed by atoms with E-state index >= 15 is 0 Å². The molecule has 2 N–H and O–H groups in total. The van der Waals surface area contributed by atoms with Gasteiger partial charge in [-0.3, -0.25) is 9.59 Å². The van der Waals surface area contributed by atoms with Crippen molar-refractivity contribution in [3.8, 4) is 0 Å². The van der Waals surface area contributed by atoms with Gasteiger partial charge in [0.05, 0.1) is 16.5 Å². The molecule has 4 nitrogen and oxygen atoms in total. The molecule has 0 aliphatic heterocycles. The Morgan fingerprint density at radius 2 is 1.86 bits per heavy atom. The number of halogens is 3. The standard InChI is InChI=1S/C14H14ClF2NO3/c15-9-6-10(16)8(5-11(9)17)13(19)18-12-4-2-1-3-7(12)14(20)21/h5-7,12H,1-4H2,(H,18,19)(H,20,21). The molecule has 1 amide bonds. The van der Waals surface area contributed by atoms with Crippen LogP contribution in [0.25, 0.3) is 0 Å². The molecule has 1 aromatic carbocycles. The summed E-state index contributed by atoms with van der Waals surface area (Å²) in [7, 11) is 0. The molecule has 1 fully saturated rings. The number of carbonyl (C=O) groups is 2. The van der Waals surface area contributed by atoms with Crippen LogP contribution in [0.4, 0.5) is 8.78 Å². The number of nitrogens with one attached hydrogen (secondary N) is 1. The van der Waals surface area contributed by atoms with E-state index in [0.29, 0.717) is 18.9 Å². The second-order valence-electron chi connectivity index (χ2n) is 5.06. The zero-order valence-electron chi connectivity index (χ0n) is 11.0. The fourth-order valence-electron chi connectivity index (χ4n) is 2.54. The highest BCUT2D eigenvalue weighted by atomic mass is 35.5. The van der Waals surface area contributed by atoms with Gasteiger partial charge in [-0.15, -0.1) is 0 Å². The molecule has 0 heterocycles. The van der Waals surface area contributed by atoms with E-state index in [1.165, 1.54) is 0 Å². The average molecular weight is 318 g/mol. The summed E-state index contributed by atoms with van der Waals surface area (Å²) in [6, 6.07) is 0.856. The maximum atomic E-state index is 13.7. The molecule has 2 unspecified atom stereocenters. The van der Waals surface area contributed by atoms with Crippen molar-refractivity contribution in [1.29, 1.82) is 0 Å². The summed E-state index contributed by atoms with van der Waals surface area (Å²) in [5.41, 5.74) is -0.480. The van der Waals surface area contributed by atoms with Crippen LogP contribution in [0.15, 0.2) is 12.1 Å². The molecule has 7 heteroatoms. The predicted molar refractivity (Wildman–Crippen MR) is 72.2 cm³/mol. The van der Waals surface area contributed by atoms with Crippen LogP contribution in [0.2, 0.25) is 5.02 Å². The SMILES string of the molecule is O=C(NC1CCCCC1C(=O)O)c1cc(F)c(Cl)cc1F. The summed E-state index contributed by atoms with van der Waals surface area (Å²) < 4.78 is 27.0. The highest BCUT2D eigenvalue weighted by Gasteiger charge is 2.32. The van der Waals surface area contributed by atoms with Crippen LogP contribution in [0.1, 0.15) is 36.0 Å². The van der Waals surface area contributed by atoms with Gasteiger partial charge in [0.25, 0.3) is 5.91 Å². The molecule has 0 saturated heterocycles. The summed E-state index contributed by atoms with van der Waals surface area (Å²) in [5, 5.41) is 11.2. The minimum atomic E-state index is -0.997. The first-order chi connectivity index (χ1) is 9.90. The van der Waals surface area contributed by atoms with Crippen molar-refractivity contribution in [3.63, 3.8) is 0 Å². The maximum Gasteiger partial charge on any atom is 0.308 e. The fraction of sp³-hybridized carbons (Fsp3) is 0.429. The molecule has 2 atom stereocenters. The molecule has 0 aromatic heterocycles. The second-order valence-corrected chi connectivity index (χ2v) is 5.46. The zero-order chi connectivity index (χ0) is 15.6. The van der Waals surface area contributed by atoms with Crippen LogP contribution < -0.4 is 5.32 Å². The Morgan fingerprint density at radius 3 is 2.52 bits per heavy atom. The molecule has 0 radical (unpaired) electrons. The Balaban J connectivity index is 2.17. The summed E-state index contributed by atoms with van der Waals surface area (Å²) >= 11 is 5.42. The summed E-state index contributed by atoms with van der Waals surface area (Å²) in [6.45, 7) is 0. The molecule has 1 aliphatic rings. The van der Waals surface area contributed by atoms with Gasteiger partial charge in [-0.2, -0.15) is 0 Å². The lowest BCUT2D eigenvalue weighted by Gasteiger charge is -2.29. The van der Waals surface area contributed by atoms with Gasteiger partial charge < -0.3 is 10.4 Å². The number of benzene rings is 1. The molecule has 21 heavy (non-hydrogen) atoms. The van der Waals surface area contributed by atoms with Crippen LogP contribution in [0, 0.1) is 17.6 Å². The molecular formula is C14H14ClF2NO3. The van der Waals surface area contributed by atoms with E-state index in [2.05, 4.69) is 5.32 Å². The molecule has 1 aromatic rings.